The van der Waals surface area contributed by atoms with Gasteiger partial charge in [0.25, 0.3) is 5.91 Å². The van der Waals surface area contributed by atoms with Gasteiger partial charge in [-0.3, -0.25) is 9.69 Å². The number of aromatic carboxylic acids is 1. The van der Waals surface area contributed by atoms with Gasteiger partial charge in [0.1, 0.15) is 12.6 Å². The quantitative estimate of drug-likeness (QED) is 0.866. The number of anilines is 1. The van der Waals surface area contributed by atoms with Gasteiger partial charge in [-0.05, 0) is 17.7 Å². The van der Waals surface area contributed by atoms with Crippen molar-refractivity contribution in [2.24, 2.45) is 10.2 Å². The number of rotatable bonds is 3. The molecule has 1 unspecified atom stereocenters. The maximum atomic E-state index is 13.1. The number of carboxylic acids is 1. The van der Waals surface area contributed by atoms with Crippen LogP contribution in [0.3, 0.4) is 0 Å². The first-order valence-corrected chi connectivity index (χ1v) is 8.07. The Balaban J connectivity index is 1.89. The summed E-state index contributed by atoms with van der Waals surface area (Å²) in [4.78, 5) is 28.5. The van der Waals surface area contributed by atoms with E-state index >= 15 is 0 Å². The molecular formula is C18H11F3N4O3. The molecule has 0 saturated carbocycles. The average molecular weight is 388 g/mol. The molecule has 4 rings (SSSR count). The van der Waals surface area contributed by atoms with Gasteiger partial charge in [0.15, 0.2) is 5.69 Å². The van der Waals surface area contributed by atoms with E-state index in [1.165, 1.54) is 30.5 Å². The van der Waals surface area contributed by atoms with E-state index in [4.69, 9.17) is 0 Å². The Bertz CT molecular complexity index is 1060. The number of carbonyl (C=O) groups excluding carboxylic acids is 1. The van der Waals surface area contributed by atoms with Crippen LogP contribution < -0.4 is 4.90 Å². The summed E-state index contributed by atoms with van der Waals surface area (Å²) in [7, 11) is 0. The highest BCUT2D eigenvalue weighted by atomic mass is 19.4. The molecule has 1 aromatic carbocycles. The predicted octanol–water partition coefficient (Wildman–Crippen LogP) is 3.75. The number of alkyl halides is 3. The minimum atomic E-state index is -4.62. The van der Waals surface area contributed by atoms with Crippen molar-refractivity contribution < 1.29 is 27.9 Å². The number of amides is 1. The van der Waals surface area contributed by atoms with Crippen LogP contribution in [-0.2, 0) is 4.79 Å². The van der Waals surface area contributed by atoms with Crippen LogP contribution in [0.25, 0.3) is 11.1 Å². The number of pyridine rings is 1. The fraction of sp³-hybridized carbons (Fsp3) is 0.167. The van der Waals surface area contributed by atoms with Crippen molar-refractivity contribution in [2.45, 2.75) is 12.2 Å². The average Bonchev–Trinajstić information content (AvgIpc) is 3.14. The van der Waals surface area contributed by atoms with E-state index in [0.29, 0.717) is 16.0 Å². The van der Waals surface area contributed by atoms with E-state index in [-0.39, 0.29) is 22.5 Å². The summed E-state index contributed by atoms with van der Waals surface area (Å²) >= 11 is 0. The van der Waals surface area contributed by atoms with Gasteiger partial charge in [-0.1, -0.05) is 18.2 Å². The van der Waals surface area contributed by atoms with Gasteiger partial charge in [0.05, 0.1) is 17.5 Å². The second-order valence-electron chi connectivity index (χ2n) is 6.20. The van der Waals surface area contributed by atoms with Crippen LogP contribution in [0.15, 0.2) is 58.5 Å². The highest BCUT2D eigenvalue weighted by molar-refractivity contribution is 6.10. The number of aromatic nitrogens is 1. The van der Waals surface area contributed by atoms with Crippen molar-refractivity contribution >= 4 is 17.6 Å². The normalized spacial score (nSPS) is 18.0. The number of hydrogen-bond acceptors (Lipinski definition) is 5. The lowest BCUT2D eigenvalue weighted by Gasteiger charge is -2.33. The summed E-state index contributed by atoms with van der Waals surface area (Å²) in [6, 6.07) is 6.70. The van der Waals surface area contributed by atoms with E-state index in [9.17, 15) is 27.9 Å². The molecule has 1 aromatic heterocycles. The number of benzene rings is 1. The van der Waals surface area contributed by atoms with Gasteiger partial charge >= 0.3 is 12.1 Å². The third-order valence-corrected chi connectivity index (χ3v) is 4.44. The van der Waals surface area contributed by atoms with Crippen molar-refractivity contribution in [3.63, 3.8) is 0 Å². The van der Waals surface area contributed by atoms with Crippen molar-refractivity contribution in [3.05, 3.63) is 59.6 Å². The fourth-order valence-corrected chi connectivity index (χ4v) is 3.28. The van der Waals surface area contributed by atoms with E-state index in [1.807, 2.05) is 0 Å². The third-order valence-electron chi connectivity index (χ3n) is 4.44. The largest absolute Gasteiger partial charge is 0.476 e. The summed E-state index contributed by atoms with van der Waals surface area (Å²) in [5.74, 6) is -2.10. The van der Waals surface area contributed by atoms with Crippen LogP contribution in [0.5, 0.6) is 0 Å². The minimum Gasteiger partial charge on any atom is -0.476 e. The van der Waals surface area contributed by atoms with Gasteiger partial charge in [-0.25, -0.2) is 9.78 Å². The van der Waals surface area contributed by atoms with E-state index < -0.39 is 30.6 Å². The number of fused-ring (bicyclic) bond motifs is 3. The predicted molar refractivity (Wildman–Crippen MR) is 90.7 cm³/mol. The number of azo groups is 1. The topological polar surface area (TPSA) is 95.2 Å². The molecule has 1 N–H and O–H groups in total. The monoisotopic (exact) mass is 388 g/mol. The molecule has 10 heteroatoms. The highest BCUT2D eigenvalue weighted by Crippen LogP contribution is 2.45. The number of hydrogen-bond donors (Lipinski definition) is 1. The Morgan fingerprint density at radius 2 is 2.04 bits per heavy atom. The summed E-state index contributed by atoms with van der Waals surface area (Å²) < 4.78 is 39.3. The second-order valence-corrected chi connectivity index (χ2v) is 6.20. The van der Waals surface area contributed by atoms with Gasteiger partial charge in [-0.2, -0.15) is 23.4 Å². The summed E-state index contributed by atoms with van der Waals surface area (Å²) in [6.07, 6.45) is -2.15. The molecule has 7 nitrogen and oxygen atoms in total. The molecule has 28 heavy (non-hydrogen) atoms. The molecule has 0 bridgehead atoms. The lowest BCUT2D eigenvalue weighted by Crippen LogP contribution is -2.43. The number of carboxylic acid groups (broad SMARTS) is 1. The lowest BCUT2D eigenvalue weighted by molar-refractivity contribution is -0.130. The Kier molecular flexibility index (Phi) is 3.98. The molecular weight excluding hydrogens is 377 g/mol. The molecule has 3 heterocycles. The van der Waals surface area contributed by atoms with E-state index in [1.54, 1.807) is 6.07 Å². The smallest absolute Gasteiger partial charge is 0.406 e. The zero-order chi connectivity index (χ0) is 20.1. The Morgan fingerprint density at radius 1 is 1.25 bits per heavy atom. The van der Waals surface area contributed by atoms with Crippen molar-refractivity contribution in [2.75, 3.05) is 11.4 Å². The Morgan fingerprint density at radius 3 is 2.75 bits per heavy atom. The Hall–Kier alpha value is -3.56. The first-order valence-electron chi connectivity index (χ1n) is 8.07. The van der Waals surface area contributed by atoms with Crippen LogP contribution in [0.2, 0.25) is 0 Å². The third kappa shape index (κ3) is 2.92. The van der Waals surface area contributed by atoms with Gasteiger partial charge in [0, 0.05) is 17.3 Å². The van der Waals surface area contributed by atoms with Gasteiger partial charge < -0.3 is 5.11 Å². The lowest BCUT2D eigenvalue weighted by atomic mass is 9.90. The molecule has 1 atom stereocenters. The fourth-order valence-electron chi connectivity index (χ4n) is 3.28. The zero-order valence-electron chi connectivity index (χ0n) is 14.0. The molecule has 2 aromatic rings. The number of nitrogens with zero attached hydrogens (tertiary/aromatic N) is 4. The van der Waals surface area contributed by atoms with E-state index in [0.717, 1.165) is 6.20 Å². The SMILES string of the molecule is O=C(O)c1ncccc1-c1ccc2c(c1)N(CC(F)(F)F)C(=O)C1=CN=NC12. The van der Waals surface area contributed by atoms with Crippen LogP contribution in [0.1, 0.15) is 22.1 Å². The summed E-state index contributed by atoms with van der Waals surface area (Å²) in [5, 5.41) is 16.9. The second kappa shape index (κ2) is 6.25. The van der Waals surface area contributed by atoms with Crippen LogP contribution in [0.4, 0.5) is 18.9 Å². The maximum absolute atomic E-state index is 13.1. The number of halogens is 3. The standard InChI is InChI=1S/C18H11F3N4O3/c19-18(20,21)8-25-13-6-9(10-2-1-5-22-15(10)17(27)28)3-4-11(13)14-12(16(25)26)7-23-24-14/h1-7,14H,8H2,(H,27,28). The molecule has 0 saturated heterocycles. The number of carbonyl (C=O) groups is 2. The molecule has 1 amide bonds. The van der Waals surface area contributed by atoms with Crippen LogP contribution in [-0.4, -0.2) is 34.7 Å². The van der Waals surface area contributed by atoms with E-state index in [2.05, 4.69) is 15.2 Å². The first-order chi connectivity index (χ1) is 13.3. The minimum absolute atomic E-state index is 0.0167. The molecule has 2 aliphatic rings. The maximum Gasteiger partial charge on any atom is 0.406 e. The molecule has 0 fully saturated rings. The molecule has 0 aliphatic carbocycles. The summed E-state index contributed by atoms with van der Waals surface area (Å²) in [6.45, 7) is -1.48. The van der Waals surface area contributed by atoms with Crippen LogP contribution in [0, 0.1) is 0 Å². The van der Waals surface area contributed by atoms with Crippen LogP contribution >= 0.6 is 0 Å². The first kappa shape index (κ1) is 17.8. The zero-order valence-corrected chi connectivity index (χ0v) is 14.0. The molecule has 0 spiro atoms. The van der Waals surface area contributed by atoms with Crippen molar-refractivity contribution in [1.29, 1.82) is 0 Å². The Labute approximate surface area is 155 Å². The summed E-state index contributed by atoms with van der Waals surface area (Å²) in [5.41, 5.74) is 0.785. The molecule has 0 radical (unpaired) electrons. The molecule has 142 valence electrons. The van der Waals surface area contributed by atoms with Gasteiger partial charge in [0.2, 0.25) is 0 Å². The van der Waals surface area contributed by atoms with Crippen molar-refractivity contribution in [3.8, 4) is 11.1 Å². The molecule has 2 aliphatic heterocycles. The van der Waals surface area contributed by atoms with Crippen molar-refractivity contribution in [1.82, 2.24) is 4.98 Å². The highest BCUT2D eigenvalue weighted by Gasteiger charge is 2.43. The van der Waals surface area contributed by atoms with Gasteiger partial charge in [-0.15, -0.1) is 0 Å².